The van der Waals surface area contributed by atoms with Gasteiger partial charge in [0.2, 0.25) is 0 Å². The average molecular weight is 316 g/mol. The SMILES string of the molecule is Cl.O=C1N[C@@H](c2c(O)ccc3ccccc23)C(F)(F)CO1. The second-order valence-corrected chi connectivity index (χ2v) is 4.63. The zero-order valence-electron chi connectivity index (χ0n) is 10.7. The summed E-state index contributed by atoms with van der Waals surface area (Å²) >= 11 is 0. The molecule has 0 radical (unpaired) electrons. The predicted octanol–water partition coefficient (Wildman–Crippen LogP) is 3.38. The van der Waals surface area contributed by atoms with Crippen LogP contribution in [-0.4, -0.2) is 23.7 Å². The van der Waals surface area contributed by atoms with Gasteiger partial charge in [0.05, 0.1) is 0 Å². The first-order chi connectivity index (χ1) is 9.49. The van der Waals surface area contributed by atoms with Gasteiger partial charge in [-0.15, -0.1) is 12.4 Å². The quantitative estimate of drug-likeness (QED) is 0.848. The Kier molecular flexibility index (Phi) is 3.91. The number of carbonyl (C=O) groups is 1. The van der Waals surface area contributed by atoms with Crippen LogP contribution in [0.1, 0.15) is 11.6 Å². The molecule has 0 spiro atoms. The number of amides is 1. The molecule has 0 aliphatic carbocycles. The van der Waals surface area contributed by atoms with Gasteiger partial charge in [0.1, 0.15) is 11.8 Å². The van der Waals surface area contributed by atoms with E-state index in [0.717, 1.165) is 0 Å². The van der Waals surface area contributed by atoms with Gasteiger partial charge in [-0.3, -0.25) is 0 Å². The molecular formula is C14H12ClF2NO3. The van der Waals surface area contributed by atoms with Crippen molar-refractivity contribution in [2.45, 2.75) is 12.0 Å². The molecule has 112 valence electrons. The van der Waals surface area contributed by atoms with E-state index < -0.39 is 24.7 Å². The van der Waals surface area contributed by atoms with Crippen LogP contribution in [0.5, 0.6) is 5.75 Å². The predicted molar refractivity (Wildman–Crippen MR) is 75.0 cm³/mol. The molecule has 0 saturated carbocycles. The fraction of sp³-hybridized carbons (Fsp3) is 0.214. The van der Waals surface area contributed by atoms with E-state index in [1.165, 1.54) is 6.07 Å². The maximum atomic E-state index is 14.0. The van der Waals surface area contributed by atoms with Crippen molar-refractivity contribution in [1.82, 2.24) is 5.32 Å². The summed E-state index contributed by atoms with van der Waals surface area (Å²) < 4.78 is 32.3. The lowest BCUT2D eigenvalue weighted by molar-refractivity contribution is -0.104. The molecule has 1 aliphatic rings. The Bertz CT molecular complexity index is 693. The molecule has 0 aromatic heterocycles. The van der Waals surface area contributed by atoms with E-state index in [1.807, 2.05) is 0 Å². The number of phenolic OH excluding ortho intramolecular Hbond substituents is 1. The molecule has 21 heavy (non-hydrogen) atoms. The minimum Gasteiger partial charge on any atom is -0.508 e. The van der Waals surface area contributed by atoms with Crippen molar-refractivity contribution in [1.29, 1.82) is 0 Å². The highest BCUT2D eigenvalue weighted by molar-refractivity contribution is 5.89. The minimum atomic E-state index is -3.30. The summed E-state index contributed by atoms with van der Waals surface area (Å²) in [4.78, 5) is 11.2. The number of phenols is 1. The van der Waals surface area contributed by atoms with Gasteiger partial charge in [-0.25, -0.2) is 13.6 Å². The first-order valence-corrected chi connectivity index (χ1v) is 6.01. The van der Waals surface area contributed by atoms with Crippen LogP contribution in [-0.2, 0) is 4.74 Å². The highest BCUT2D eigenvalue weighted by Crippen LogP contribution is 2.41. The molecule has 2 aromatic carbocycles. The molecule has 1 saturated heterocycles. The van der Waals surface area contributed by atoms with E-state index >= 15 is 0 Å². The Labute approximate surface area is 125 Å². The van der Waals surface area contributed by atoms with Crippen LogP contribution in [0.4, 0.5) is 13.6 Å². The number of ether oxygens (including phenoxy) is 1. The van der Waals surface area contributed by atoms with Crippen LogP contribution in [0.25, 0.3) is 10.8 Å². The van der Waals surface area contributed by atoms with Gasteiger partial charge in [0.15, 0.2) is 6.61 Å². The molecular weight excluding hydrogens is 304 g/mol. The molecule has 0 bridgehead atoms. The monoisotopic (exact) mass is 315 g/mol. The number of nitrogens with one attached hydrogen (secondary N) is 1. The van der Waals surface area contributed by atoms with Crippen molar-refractivity contribution in [3.63, 3.8) is 0 Å². The smallest absolute Gasteiger partial charge is 0.408 e. The van der Waals surface area contributed by atoms with Crippen molar-refractivity contribution >= 4 is 29.3 Å². The topological polar surface area (TPSA) is 58.6 Å². The lowest BCUT2D eigenvalue weighted by atomic mass is 9.93. The second-order valence-electron chi connectivity index (χ2n) is 4.63. The van der Waals surface area contributed by atoms with E-state index in [4.69, 9.17) is 0 Å². The summed E-state index contributed by atoms with van der Waals surface area (Å²) in [5.41, 5.74) is 0.00440. The number of aromatic hydroxyl groups is 1. The lowest BCUT2D eigenvalue weighted by Crippen LogP contribution is -2.49. The van der Waals surface area contributed by atoms with Crippen molar-refractivity contribution in [2.75, 3.05) is 6.61 Å². The number of carbonyl (C=O) groups excluding carboxylic acids is 1. The molecule has 3 rings (SSSR count). The van der Waals surface area contributed by atoms with E-state index in [1.54, 1.807) is 30.3 Å². The van der Waals surface area contributed by atoms with Gasteiger partial charge < -0.3 is 15.2 Å². The average Bonchev–Trinajstić information content (AvgIpc) is 2.42. The Hall–Kier alpha value is -2.08. The van der Waals surface area contributed by atoms with Crippen LogP contribution in [0, 0.1) is 0 Å². The number of fused-ring (bicyclic) bond motifs is 1. The van der Waals surface area contributed by atoms with Crippen LogP contribution < -0.4 is 5.32 Å². The number of alkyl halides is 2. The van der Waals surface area contributed by atoms with E-state index in [0.29, 0.717) is 10.8 Å². The number of alkyl carbamates (subject to hydrolysis) is 1. The molecule has 1 aliphatic heterocycles. The van der Waals surface area contributed by atoms with E-state index in [9.17, 15) is 18.7 Å². The Morgan fingerprint density at radius 3 is 2.71 bits per heavy atom. The van der Waals surface area contributed by atoms with Crippen molar-refractivity contribution in [3.05, 3.63) is 42.0 Å². The fourth-order valence-electron chi connectivity index (χ4n) is 2.38. The molecule has 2 N–H and O–H groups in total. The summed E-state index contributed by atoms with van der Waals surface area (Å²) in [6.45, 7) is -1.01. The Balaban J connectivity index is 0.00000161. The van der Waals surface area contributed by atoms with Crippen molar-refractivity contribution in [2.24, 2.45) is 0 Å². The standard InChI is InChI=1S/C14H11F2NO3.ClH/c15-14(16)7-20-13(19)17-12(14)11-9-4-2-1-3-8(9)5-6-10(11)18;/h1-6,12,18H,7H2,(H,17,19);1H/t12-;/m0./s1. The number of rotatable bonds is 1. The van der Waals surface area contributed by atoms with Gasteiger partial charge >= 0.3 is 12.0 Å². The van der Waals surface area contributed by atoms with Gasteiger partial charge in [-0.05, 0) is 16.8 Å². The van der Waals surface area contributed by atoms with Crippen molar-refractivity contribution in [3.8, 4) is 5.75 Å². The molecule has 1 atom stereocenters. The Morgan fingerprint density at radius 2 is 1.95 bits per heavy atom. The highest BCUT2D eigenvalue weighted by atomic mass is 35.5. The van der Waals surface area contributed by atoms with Crippen LogP contribution in [0.2, 0.25) is 0 Å². The highest BCUT2D eigenvalue weighted by Gasteiger charge is 2.48. The molecule has 1 heterocycles. The molecule has 4 nitrogen and oxygen atoms in total. The van der Waals surface area contributed by atoms with E-state index in [2.05, 4.69) is 10.1 Å². The van der Waals surface area contributed by atoms with Gasteiger partial charge in [0, 0.05) is 5.56 Å². The summed E-state index contributed by atoms with van der Waals surface area (Å²) in [5, 5.41) is 13.2. The lowest BCUT2D eigenvalue weighted by Gasteiger charge is -2.32. The summed E-state index contributed by atoms with van der Waals surface area (Å²) in [6.07, 6.45) is -0.923. The van der Waals surface area contributed by atoms with Crippen molar-refractivity contribution < 1.29 is 23.4 Å². The van der Waals surface area contributed by atoms with Gasteiger partial charge in [0.25, 0.3) is 0 Å². The summed E-state index contributed by atoms with van der Waals surface area (Å²) in [5.74, 6) is -3.58. The number of cyclic esters (lactones) is 1. The first-order valence-electron chi connectivity index (χ1n) is 6.01. The molecule has 2 aromatic rings. The zero-order chi connectivity index (χ0) is 14.3. The molecule has 1 amide bonds. The second kappa shape index (κ2) is 5.37. The maximum Gasteiger partial charge on any atom is 0.408 e. The number of hydrogen-bond acceptors (Lipinski definition) is 3. The van der Waals surface area contributed by atoms with Crippen LogP contribution in [0.3, 0.4) is 0 Å². The normalized spacial score (nSPS) is 20.3. The number of hydrogen-bond donors (Lipinski definition) is 2. The first kappa shape index (κ1) is 15.3. The minimum absolute atomic E-state index is 0. The molecule has 0 unspecified atom stereocenters. The van der Waals surface area contributed by atoms with Gasteiger partial charge in [-0.2, -0.15) is 0 Å². The molecule has 1 fully saturated rings. The number of benzene rings is 2. The maximum absolute atomic E-state index is 14.0. The third kappa shape index (κ3) is 2.58. The van der Waals surface area contributed by atoms with Crippen LogP contribution in [0.15, 0.2) is 36.4 Å². The largest absolute Gasteiger partial charge is 0.508 e. The van der Waals surface area contributed by atoms with E-state index in [-0.39, 0.29) is 23.7 Å². The summed E-state index contributed by atoms with van der Waals surface area (Å²) in [6, 6.07) is 8.19. The summed E-state index contributed by atoms with van der Waals surface area (Å²) in [7, 11) is 0. The zero-order valence-corrected chi connectivity index (χ0v) is 11.5. The van der Waals surface area contributed by atoms with Gasteiger partial charge in [-0.1, -0.05) is 30.3 Å². The Morgan fingerprint density at radius 1 is 1.24 bits per heavy atom. The fourth-order valence-corrected chi connectivity index (χ4v) is 2.38. The number of halogens is 3. The molecule has 7 heteroatoms. The van der Waals surface area contributed by atoms with Crippen LogP contribution >= 0.6 is 12.4 Å². The third-order valence-corrected chi connectivity index (χ3v) is 3.32. The third-order valence-electron chi connectivity index (χ3n) is 3.32.